The predicted octanol–water partition coefficient (Wildman–Crippen LogP) is 17.4. The molecule has 0 fully saturated rings. The predicted molar refractivity (Wildman–Crippen MR) is 270 cm³/mol. The maximum Gasteiger partial charge on any atom is 0.306 e. The monoisotopic (exact) mass is 879 g/mol. The molecule has 0 radical (unpaired) electrons. The van der Waals surface area contributed by atoms with Crippen LogP contribution in [0.3, 0.4) is 0 Å². The summed E-state index contributed by atoms with van der Waals surface area (Å²) < 4.78 is 16.7. The Hall–Kier alpha value is -3.15. The van der Waals surface area contributed by atoms with Gasteiger partial charge in [-0.25, -0.2) is 0 Å². The maximum atomic E-state index is 12.8. The molecule has 0 saturated heterocycles. The zero-order valence-electron chi connectivity index (χ0n) is 41.3. The van der Waals surface area contributed by atoms with Crippen LogP contribution in [-0.4, -0.2) is 37.2 Å². The molecule has 0 aromatic carbocycles. The Morgan fingerprint density at radius 2 is 0.635 bits per heavy atom. The van der Waals surface area contributed by atoms with Crippen molar-refractivity contribution < 1.29 is 28.6 Å². The lowest BCUT2D eigenvalue weighted by atomic mass is 10.1. The van der Waals surface area contributed by atoms with E-state index in [9.17, 15) is 14.4 Å². The quantitative estimate of drug-likeness (QED) is 0.0262. The molecule has 0 aliphatic heterocycles. The summed E-state index contributed by atoms with van der Waals surface area (Å²) in [7, 11) is 0. The third-order valence-corrected chi connectivity index (χ3v) is 11.2. The number of unbranched alkanes of at least 4 members (excludes halogenated alkanes) is 24. The molecule has 0 bridgehead atoms. The number of carbonyl (C=O) groups is 3. The van der Waals surface area contributed by atoms with Crippen LogP contribution in [0.15, 0.2) is 72.9 Å². The summed E-state index contributed by atoms with van der Waals surface area (Å²) in [6.07, 6.45) is 64.6. The van der Waals surface area contributed by atoms with Crippen molar-refractivity contribution in [3.8, 4) is 0 Å². The smallest absolute Gasteiger partial charge is 0.306 e. The van der Waals surface area contributed by atoms with Gasteiger partial charge >= 0.3 is 17.9 Å². The van der Waals surface area contributed by atoms with Crippen molar-refractivity contribution in [3.05, 3.63) is 72.9 Å². The number of hydrogen-bond acceptors (Lipinski definition) is 6. The topological polar surface area (TPSA) is 78.9 Å². The molecule has 0 saturated carbocycles. The number of ether oxygens (including phenoxy) is 3. The minimum Gasteiger partial charge on any atom is -0.462 e. The van der Waals surface area contributed by atoms with Gasteiger partial charge in [-0.05, 0) is 103 Å². The molecule has 6 nitrogen and oxygen atoms in total. The standard InChI is InChI=1S/C57H98O6/c1-4-7-10-13-16-19-22-24-26-28-29-30-32-33-35-38-41-44-47-50-56(59)62-53-54(52-61-55(58)49-46-43-40-37-21-18-15-12-9-6-3)63-57(60)51-48-45-42-39-36-34-31-27-25-23-20-17-14-11-8-5-2/h8,11,15,17-18,20,25,27-29,34,36,54H,4-7,9-10,12-14,16,19,21-24,26,30-33,35,37-53H2,1-3H3/b11-8-,18-15-,20-17-,27-25-,29-28-,36-34-. The molecule has 0 aromatic rings. The van der Waals surface area contributed by atoms with E-state index < -0.39 is 6.10 Å². The van der Waals surface area contributed by atoms with Crippen molar-refractivity contribution in [2.75, 3.05) is 13.2 Å². The van der Waals surface area contributed by atoms with Crippen LogP contribution in [0.25, 0.3) is 0 Å². The minimum absolute atomic E-state index is 0.0942. The summed E-state index contributed by atoms with van der Waals surface area (Å²) in [6.45, 7) is 6.44. The molecule has 6 heteroatoms. The van der Waals surface area contributed by atoms with E-state index in [1.54, 1.807) is 0 Å². The molecule has 0 aromatic heterocycles. The van der Waals surface area contributed by atoms with Crippen LogP contribution in [0.2, 0.25) is 0 Å². The second-order valence-corrected chi connectivity index (χ2v) is 17.4. The summed E-state index contributed by atoms with van der Waals surface area (Å²) >= 11 is 0. The molecule has 0 aliphatic rings. The molecule has 362 valence electrons. The first-order valence-electron chi connectivity index (χ1n) is 26.4. The second-order valence-electron chi connectivity index (χ2n) is 17.4. The van der Waals surface area contributed by atoms with E-state index in [0.29, 0.717) is 12.8 Å². The van der Waals surface area contributed by atoms with Gasteiger partial charge in [-0.3, -0.25) is 14.4 Å². The van der Waals surface area contributed by atoms with Gasteiger partial charge in [-0.15, -0.1) is 0 Å². The van der Waals surface area contributed by atoms with Crippen LogP contribution < -0.4 is 0 Å². The first-order valence-corrected chi connectivity index (χ1v) is 26.4. The second kappa shape index (κ2) is 51.5. The SMILES string of the molecule is CC/C=C\C/C=C\C/C=C\C/C=C\CCCCCC(=O)OC(COC(=O)CCCCCC/C=C\CCCC)COC(=O)CCCCCCCCC/C=C\CCCCCCCCCC. The molecular weight excluding hydrogens is 781 g/mol. The average Bonchev–Trinajstić information content (AvgIpc) is 3.28. The number of esters is 3. The Kier molecular flexibility index (Phi) is 48.9. The van der Waals surface area contributed by atoms with Crippen LogP contribution in [0.4, 0.5) is 0 Å². The summed E-state index contributed by atoms with van der Waals surface area (Å²) in [5.41, 5.74) is 0. The van der Waals surface area contributed by atoms with Gasteiger partial charge in [0.15, 0.2) is 6.10 Å². The fourth-order valence-corrected chi connectivity index (χ4v) is 7.17. The van der Waals surface area contributed by atoms with Crippen molar-refractivity contribution in [1.29, 1.82) is 0 Å². The van der Waals surface area contributed by atoms with Gasteiger partial charge in [-0.1, -0.05) is 203 Å². The van der Waals surface area contributed by atoms with Crippen molar-refractivity contribution >= 4 is 17.9 Å². The molecule has 0 N–H and O–H groups in total. The summed E-state index contributed by atoms with van der Waals surface area (Å²) in [5, 5.41) is 0. The van der Waals surface area contributed by atoms with Gasteiger partial charge in [0.05, 0.1) is 0 Å². The number of allylic oxidation sites excluding steroid dienone is 12. The zero-order valence-corrected chi connectivity index (χ0v) is 41.3. The highest BCUT2D eigenvalue weighted by Crippen LogP contribution is 2.14. The lowest BCUT2D eigenvalue weighted by Crippen LogP contribution is -2.30. The van der Waals surface area contributed by atoms with Gasteiger partial charge in [0.1, 0.15) is 13.2 Å². The summed E-state index contributed by atoms with van der Waals surface area (Å²) in [4.78, 5) is 37.9. The molecule has 0 spiro atoms. The van der Waals surface area contributed by atoms with Gasteiger partial charge in [0.25, 0.3) is 0 Å². The van der Waals surface area contributed by atoms with E-state index in [1.807, 2.05) is 0 Å². The van der Waals surface area contributed by atoms with Crippen molar-refractivity contribution in [2.45, 2.75) is 258 Å². The van der Waals surface area contributed by atoms with Crippen LogP contribution >= 0.6 is 0 Å². The molecule has 1 unspecified atom stereocenters. The third-order valence-electron chi connectivity index (χ3n) is 11.2. The van der Waals surface area contributed by atoms with Crippen molar-refractivity contribution in [2.24, 2.45) is 0 Å². The first kappa shape index (κ1) is 59.9. The van der Waals surface area contributed by atoms with Crippen LogP contribution in [0, 0.1) is 0 Å². The average molecular weight is 879 g/mol. The van der Waals surface area contributed by atoms with E-state index in [1.165, 1.54) is 103 Å². The zero-order chi connectivity index (χ0) is 45.8. The van der Waals surface area contributed by atoms with E-state index >= 15 is 0 Å². The fourth-order valence-electron chi connectivity index (χ4n) is 7.17. The van der Waals surface area contributed by atoms with Crippen LogP contribution in [-0.2, 0) is 28.6 Å². The molecule has 0 heterocycles. The number of rotatable bonds is 47. The van der Waals surface area contributed by atoms with E-state index in [4.69, 9.17) is 14.2 Å². The van der Waals surface area contributed by atoms with E-state index in [2.05, 4.69) is 93.7 Å². The first-order chi connectivity index (χ1) is 31.0. The van der Waals surface area contributed by atoms with Gasteiger partial charge in [0, 0.05) is 19.3 Å². The molecule has 1 atom stereocenters. The van der Waals surface area contributed by atoms with Crippen molar-refractivity contribution in [3.63, 3.8) is 0 Å². The van der Waals surface area contributed by atoms with Gasteiger partial charge < -0.3 is 14.2 Å². The highest BCUT2D eigenvalue weighted by atomic mass is 16.6. The van der Waals surface area contributed by atoms with E-state index in [-0.39, 0.29) is 37.5 Å². The Balaban J connectivity index is 4.38. The lowest BCUT2D eigenvalue weighted by Gasteiger charge is -2.18. The minimum atomic E-state index is -0.797. The Morgan fingerprint density at radius 1 is 0.333 bits per heavy atom. The number of carbonyl (C=O) groups excluding carboxylic acids is 3. The molecule has 0 aliphatic carbocycles. The third kappa shape index (κ3) is 49.7. The Bertz CT molecular complexity index is 1190. The van der Waals surface area contributed by atoms with Gasteiger partial charge in [0.2, 0.25) is 0 Å². The summed E-state index contributed by atoms with van der Waals surface area (Å²) in [5.74, 6) is -0.942. The van der Waals surface area contributed by atoms with Crippen LogP contribution in [0.5, 0.6) is 0 Å². The Labute approximate surface area is 389 Å². The number of hydrogen-bond donors (Lipinski definition) is 0. The highest BCUT2D eigenvalue weighted by molar-refractivity contribution is 5.71. The van der Waals surface area contributed by atoms with Gasteiger partial charge in [-0.2, -0.15) is 0 Å². The Morgan fingerprint density at radius 3 is 1.05 bits per heavy atom. The molecule has 0 amide bonds. The maximum absolute atomic E-state index is 12.8. The molecule has 0 rings (SSSR count). The van der Waals surface area contributed by atoms with E-state index in [0.717, 1.165) is 109 Å². The highest BCUT2D eigenvalue weighted by Gasteiger charge is 2.19. The lowest BCUT2D eigenvalue weighted by molar-refractivity contribution is -0.167. The normalized spacial score (nSPS) is 12.6. The molecular formula is C57H98O6. The van der Waals surface area contributed by atoms with Crippen molar-refractivity contribution in [1.82, 2.24) is 0 Å². The molecule has 63 heavy (non-hydrogen) atoms. The largest absolute Gasteiger partial charge is 0.462 e. The summed E-state index contributed by atoms with van der Waals surface area (Å²) in [6, 6.07) is 0. The van der Waals surface area contributed by atoms with Crippen LogP contribution in [0.1, 0.15) is 252 Å². The fraction of sp³-hybridized carbons (Fsp3) is 0.737.